The molecule has 1 saturated heterocycles. The SMILES string of the molecule is CN(C)C1Cc2c([nH]c3ccc(C(N)=O)cc23)C2(C1)OC(=O)C(=O)O2. The van der Waals surface area contributed by atoms with Crippen molar-refractivity contribution in [3.05, 3.63) is 35.0 Å². The topological polar surface area (TPSA) is 115 Å². The molecule has 4 rings (SSSR count). The van der Waals surface area contributed by atoms with Crippen molar-refractivity contribution < 1.29 is 23.9 Å². The Bertz CT molecular complexity index is 914. The molecule has 1 amide bonds. The number of fused-ring (bicyclic) bond motifs is 4. The number of hydrogen-bond acceptors (Lipinski definition) is 6. The monoisotopic (exact) mass is 343 g/mol. The van der Waals surface area contributed by atoms with Crippen LogP contribution in [0.4, 0.5) is 0 Å². The fourth-order valence-corrected chi connectivity index (χ4v) is 3.61. The first-order valence-electron chi connectivity index (χ1n) is 7.88. The Morgan fingerprint density at radius 1 is 1.28 bits per heavy atom. The number of nitrogens with zero attached hydrogens (tertiary/aromatic N) is 1. The quantitative estimate of drug-likeness (QED) is 0.602. The number of likely N-dealkylation sites (N-methyl/N-ethyl adjacent to an activating group) is 1. The van der Waals surface area contributed by atoms with Crippen molar-refractivity contribution in [1.29, 1.82) is 0 Å². The molecule has 1 spiro atoms. The summed E-state index contributed by atoms with van der Waals surface area (Å²) in [4.78, 5) is 40.1. The van der Waals surface area contributed by atoms with Crippen molar-refractivity contribution >= 4 is 28.7 Å². The number of aromatic amines is 1. The minimum Gasteiger partial charge on any atom is -0.408 e. The molecule has 1 unspecified atom stereocenters. The number of nitrogens with two attached hydrogens (primary N) is 1. The zero-order chi connectivity index (χ0) is 17.9. The molecule has 8 heteroatoms. The number of carbonyl (C=O) groups is 3. The second-order valence-corrected chi connectivity index (χ2v) is 6.66. The lowest BCUT2D eigenvalue weighted by Crippen LogP contribution is -2.44. The molecule has 1 atom stereocenters. The average Bonchev–Trinajstić information content (AvgIpc) is 3.05. The van der Waals surface area contributed by atoms with Crippen molar-refractivity contribution in [2.75, 3.05) is 14.1 Å². The first-order chi connectivity index (χ1) is 11.8. The third-order valence-corrected chi connectivity index (χ3v) is 4.93. The Balaban J connectivity index is 1.94. The van der Waals surface area contributed by atoms with Crippen LogP contribution in [0.5, 0.6) is 0 Å². The van der Waals surface area contributed by atoms with Gasteiger partial charge in [0, 0.05) is 28.9 Å². The highest BCUT2D eigenvalue weighted by atomic mass is 16.8. The average molecular weight is 343 g/mol. The van der Waals surface area contributed by atoms with Gasteiger partial charge in [0.25, 0.3) is 0 Å². The third kappa shape index (κ3) is 2.21. The maximum atomic E-state index is 11.7. The van der Waals surface area contributed by atoms with E-state index in [1.807, 2.05) is 19.0 Å². The highest BCUT2D eigenvalue weighted by molar-refractivity contribution is 6.31. The molecule has 1 aromatic heterocycles. The first kappa shape index (κ1) is 15.6. The van der Waals surface area contributed by atoms with Crippen LogP contribution in [-0.2, 0) is 31.3 Å². The number of H-pyrrole nitrogens is 1. The van der Waals surface area contributed by atoms with Gasteiger partial charge in [-0.05, 0) is 44.3 Å². The summed E-state index contributed by atoms with van der Waals surface area (Å²) in [5.74, 6) is -3.98. The Labute approximate surface area is 142 Å². The molecule has 2 heterocycles. The molecule has 8 nitrogen and oxygen atoms in total. The summed E-state index contributed by atoms with van der Waals surface area (Å²) in [5, 5.41) is 0.802. The van der Waals surface area contributed by atoms with E-state index in [0.29, 0.717) is 24.1 Å². The predicted molar refractivity (Wildman–Crippen MR) is 86.5 cm³/mol. The maximum absolute atomic E-state index is 11.7. The van der Waals surface area contributed by atoms with Crippen LogP contribution in [-0.4, -0.2) is 47.9 Å². The summed E-state index contributed by atoms with van der Waals surface area (Å²) in [6, 6.07) is 5.06. The van der Waals surface area contributed by atoms with Gasteiger partial charge < -0.3 is 25.1 Å². The van der Waals surface area contributed by atoms with E-state index in [9.17, 15) is 14.4 Å². The van der Waals surface area contributed by atoms with Crippen LogP contribution in [0.2, 0.25) is 0 Å². The van der Waals surface area contributed by atoms with Crippen LogP contribution in [0.25, 0.3) is 10.9 Å². The normalized spacial score (nSPS) is 21.5. The Hall–Kier alpha value is -2.87. The van der Waals surface area contributed by atoms with E-state index in [0.717, 1.165) is 16.5 Å². The van der Waals surface area contributed by atoms with Gasteiger partial charge in [-0.15, -0.1) is 0 Å². The molecule has 2 aliphatic rings. The summed E-state index contributed by atoms with van der Waals surface area (Å²) < 4.78 is 10.7. The number of aromatic nitrogens is 1. The lowest BCUT2D eigenvalue weighted by molar-refractivity contribution is -0.196. The fraction of sp³-hybridized carbons (Fsp3) is 0.353. The van der Waals surface area contributed by atoms with Crippen LogP contribution < -0.4 is 5.73 Å². The number of amides is 1. The van der Waals surface area contributed by atoms with Crippen molar-refractivity contribution in [2.24, 2.45) is 5.73 Å². The van der Waals surface area contributed by atoms with Crippen molar-refractivity contribution in [2.45, 2.75) is 24.7 Å². The van der Waals surface area contributed by atoms with E-state index in [-0.39, 0.29) is 6.04 Å². The zero-order valence-corrected chi connectivity index (χ0v) is 13.8. The van der Waals surface area contributed by atoms with E-state index in [1.165, 1.54) is 0 Å². The smallest absolute Gasteiger partial charge is 0.408 e. The number of carbonyl (C=O) groups excluding carboxylic acids is 3. The molecule has 1 aliphatic heterocycles. The van der Waals surface area contributed by atoms with E-state index in [1.54, 1.807) is 18.2 Å². The summed E-state index contributed by atoms with van der Waals surface area (Å²) in [5.41, 5.74) is 7.92. The number of primary amides is 1. The number of ether oxygens (including phenoxy) is 2. The predicted octanol–water partition coefficient (Wildman–Crippen LogP) is 0.396. The van der Waals surface area contributed by atoms with E-state index < -0.39 is 23.6 Å². The van der Waals surface area contributed by atoms with Crippen molar-refractivity contribution in [3.8, 4) is 0 Å². The summed E-state index contributed by atoms with van der Waals surface area (Å²) >= 11 is 0. The molecule has 1 aromatic carbocycles. The minimum atomic E-state index is -1.46. The number of benzene rings is 1. The molecule has 0 saturated carbocycles. The Kier molecular flexibility index (Phi) is 3.17. The first-order valence-corrected chi connectivity index (χ1v) is 7.88. The van der Waals surface area contributed by atoms with Crippen LogP contribution in [0.1, 0.15) is 28.0 Å². The van der Waals surface area contributed by atoms with Crippen molar-refractivity contribution in [3.63, 3.8) is 0 Å². The van der Waals surface area contributed by atoms with Crippen LogP contribution >= 0.6 is 0 Å². The van der Waals surface area contributed by atoms with Gasteiger partial charge in [0.15, 0.2) is 0 Å². The standard InChI is InChI=1S/C17H17N3O5/c1-20(2)9-6-11-10-5-8(14(18)21)3-4-12(10)19-13(11)17(7-9)24-15(22)16(23)25-17/h3-5,9,19H,6-7H2,1-2H3,(H2,18,21). The molecule has 2 aromatic rings. The summed E-state index contributed by atoms with van der Waals surface area (Å²) in [6.07, 6.45) is 0.987. The van der Waals surface area contributed by atoms with Crippen molar-refractivity contribution in [1.82, 2.24) is 9.88 Å². The Morgan fingerprint density at radius 3 is 2.56 bits per heavy atom. The molecule has 1 fully saturated rings. The summed E-state index contributed by atoms with van der Waals surface area (Å²) in [6.45, 7) is 0. The van der Waals surface area contributed by atoms with Gasteiger partial charge >= 0.3 is 17.7 Å². The number of esters is 2. The van der Waals surface area contributed by atoms with Crippen LogP contribution in [0.3, 0.4) is 0 Å². The second-order valence-electron chi connectivity index (χ2n) is 6.66. The van der Waals surface area contributed by atoms with E-state index in [2.05, 4.69) is 4.98 Å². The maximum Gasteiger partial charge on any atom is 0.421 e. The van der Waals surface area contributed by atoms with Gasteiger partial charge in [0.05, 0.1) is 0 Å². The highest BCUT2D eigenvalue weighted by Gasteiger charge is 2.56. The third-order valence-electron chi connectivity index (χ3n) is 4.93. The molecule has 3 N–H and O–H groups in total. The Morgan fingerprint density at radius 2 is 1.96 bits per heavy atom. The molecule has 1 aliphatic carbocycles. The fourth-order valence-electron chi connectivity index (χ4n) is 3.61. The van der Waals surface area contributed by atoms with E-state index >= 15 is 0 Å². The molecule has 0 bridgehead atoms. The highest BCUT2D eigenvalue weighted by Crippen LogP contribution is 2.45. The van der Waals surface area contributed by atoms with Gasteiger partial charge in [-0.2, -0.15) is 0 Å². The van der Waals surface area contributed by atoms with Gasteiger partial charge in [-0.1, -0.05) is 0 Å². The second kappa shape index (κ2) is 5.06. The van der Waals surface area contributed by atoms with Crippen LogP contribution in [0.15, 0.2) is 18.2 Å². The molecular formula is C17H17N3O5. The number of hydrogen-bond donors (Lipinski definition) is 2. The van der Waals surface area contributed by atoms with Crippen LogP contribution in [0, 0.1) is 0 Å². The lowest BCUT2D eigenvalue weighted by Gasteiger charge is -2.37. The largest absolute Gasteiger partial charge is 0.421 e. The number of rotatable bonds is 2. The molecule has 0 radical (unpaired) electrons. The lowest BCUT2D eigenvalue weighted by atomic mass is 9.86. The zero-order valence-electron chi connectivity index (χ0n) is 13.8. The van der Waals surface area contributed by atoms with Gasteiger partial charge in [0.1, 0.15) is 5.69 Å². The molecule has 130 valence electrons. The van der Waals surface area contributed by atoms with Gasteiger partial charge in [-0.3, -0.25) is 4.79 Å². The minimum absolute atomic E-state index is 0.0116. The van der Waals surface area contributed by atoms with Gasteiger partial charge in [-0.25, -0.2) is 9.59 Å². The summed E-state index contributed by atoms with van der Waals surface area (Å²) in [7, 11) is 3.82. The molecular weight excluding hydrogens is 326 g/mol. The molecule has 25 heavy (non-hydrogen) atoms. The number of nitrogens with one attached hydrogen (secondary N) is 1. The van der Waals surface area contributed by atoms with E-state index in [4.69, 9.17) is 15.2 Å². The van der Waals surface area contributed by atoms with Gasteiger partial charge in [0.2, 0.25) is 5.91 Å².